The molecule has 0 aliphatic carbocycles. The molecule has 1 amide bonds. The van der Waals surface area contributed by atoms with Crippen LogP contribution in [0.5, 0.6) is 17.2 Å². The van der Waals surface area contributed by atoms with E-state index in [-0.39, 0.29) is 28.5 Å². The maximum Gasteiger partial charge on any atom is 0.271 e. The van der Waals surface area contributed by atoms with E-state index in [0.29, 0.717) is 5.56 Å². The number of non-ortho nitro benzene ring substituents is 1. The minimum absolute atomic E-state index is 0.108. The Kier molecular flexibility index (Phi) is 5.51. The van der Waals surface area contributed by atoms with Crippen molar-refractivity contribution < 1.29 is 24.3 Å². The van der Waals surface area contributed by atoms with Crippen LogP contribution in [-0.2, 0) is 0 Å². The normalized spacial score (nSPS) is 10.5. The monoisotopic (exact) mass is 345 g/mol. The Bertz CT molecular complexity index is 792. The molecular weight excluding hydrogens is 330 g/mol. The van der Waals surface area contributed by atoms with Gasteiger partial charge in [0, 0.05) is 23.3 Å². The second-order valence-electron chi connectivity index (χ2n) is 4.78. The minimum Gasteiger partial charge on any atom is -0.502 e. The summed E-state index contributed by atoms with van der Waals surface area (Å²) in [6.45, 7) is 0. The van der Waals surface area contributed by atoms with Crippen LogP contribution in [0.3, 0.4) is 0 Å². The number of phenols is 1. The number of hydrogen-bond acceptors (Lipinski definition) is 7. The van der Waals surface area contributed by atoms with Crippen LogP contribution in [0.2, 0.25) is 0 Å². The fourth-order valence-corrected chi connectivity index (χ4v) is 1.95. The van der Waals surface area contributed by atoms with Crippen molar-refractivity contribution in [3.63, 3.8) is 0 Å². The van der Waals surface area contributed by atoms with Crippen molar-refractivity contribution in [2.45, 2.75) is 0 Å². The predicted octanol–water partition coefficient (Wildman–Crippen LogP) is 2.08. The number of carbonyl (C=O) groups excluding carboxylic acids is 1. The summed E-state index contributed by atoms with van der Waals surface area (Å²) < 4.78 is 10.0. The molecule has 25 heavy (non-hydrogen) atoms. The first-order valence-electron chi connectivity index (χ1n) is 6.99. The van der Waals surface area contributed by atoms with Gasteiger partial charge in [0.25, 0.3) is 11.6 Å². The minimum atomic E-state index is -0.550. The molecule has 9 nitrogen and oxygen atoms in total. The number of methoxy groups -OCH3 is 2. The van der Waals surface area contributed by atoms with E-state index in [1.54, 1.807) is 0 Å². The van der Waals surface area contributed by atoms with Crippen molar-refractivity contribution in [3.05, 3.63) is 57.6 Å². The summed E-state index contributed by atoms with van der Waals surface area (Å²) in [4.78, 5) is 22.0. The van der Waals surface area contributed by atoms with E-state index in [2.05, 4.69) is 10.5 Å². The molecule has 0 heterocycles. The predicted molar refractivity (Wildman–Crippen MR) is 89.4 cm³/mol. The fourth-order valence-electron chi connectivity index (χ4n) is 1.95. The zero-order chi connectivity index (χ0) is 18.4. The largest absolute Gasteiger partial charge is 0.502 e. The van der Waals surface area contributed by atoms with Crippen LogP contribution in [0.25, 0.3) is 0 Å². The van der Waals surface area contributed by atoms with Crippen molar-refractivity contribution >= 4 is 17.8 Å². The molecule has 0 aromatic heterocycles. The maximum absolute atomic E-state index is 11.9. The van der Waals surface area contributed by atoms with E-state index in [1.807, 2.05) is 0 Å². The number of carbonyl (C=O) groups is 1. The highest BCUT2D eigenvalue weighted by molar-refractivity contribution is 5.95. The van der Waals surface area contributed by atoms with E-state index >= 15 is 0 Å². The topological polar surface area (TPSA) is 123 Å². The van der Waals surface area contributed by atoms with Gasteiger partial charge in [-0.3, -0.25) is 14.9 Å². The van der Waals surface area contributed by atoms with Gasteiger partial charge in [0.2, 0.25) is 5.75 Å². The molecule has 130 valence electrons. The second kappa shape index (κ2) is 7.77. The molecule has 0 aliphatic rings. The lowest BCUT2D eigenvalue weighted by Crippen LogP contribution is -2.17. The lowest BCUT2D eigenvalue weighted by atomic mass is 10.2. The van der Waals surface area contributed by atoms with Crippen LogP contribution in [-0.4, -0.2) is 36.4 Å². The number of nitrogens with zero attached hydrogens (tertiary/aromatic N) is 2. The fraction of sp³-hybridized carbons (Fsp3) is 0.125. The molecule has 0 unspecified atom stereocenters. The second-order valence-corrected chi connectivity index (χ2v) is 4.78. The molecule has 0 fully saturated rings. The molecule has 0 atom stereocenters. The van der Waals surface area contributed by atoms with Crippen molar-refractivity contribution in [1.29, 1.82) is 0 Å². The average Bonchev–Trinajstić information content (AvgIpc) is 2.62. The van der Waals surface area contributed by atoms with Crippen LogP contribution < -0.4 is 14.9 Å². The average molecular weight is 345 g/mol. The third-order valence-corrected chi connectivity index (χ3v) is 3.22. The molecule has 0 radical (unpaired) electrons. The van der Waals surface area contributed by atoms with Gasteiger partial charge < -0.3 is 14.6 Å². The number of nitro benzene ring substituents is 1. The van der Waals surface area contributed by atoms with Crippen LogP contribution in [0, 0.1) is 10.1 Å². The first kappa shape index (κ1) is 17.7. The number of amides is 1. The molecule has 0 aliphatic heterocycles. The number of aromatic hydroxyl groups is 1. The van der Waals surface area contributed by atoms with Gasteiger partial charge in [-0.1, -0.05) is 0 Å². The number of hydrazone groups is 1. The summed E-state index contributed by atoms with van der Waals surface area (Å²) in [7, 11) is 2.79. The standard InChI is InChI=1S/C16H15N3O6/c1-24-13-7-10(8-14(25-2)15(13)20)9-17-18-16(21)11-3-5-12(6-4-11)19(22)23/h3-9,20H,1-2H3,(H,18,21)/b17-9-. The van der Waals surface area contributed by atoms with E-state index in [4.69, 9.17) is 9.47 Å². The van der Waals surface area contributed by atoms with Gasteiger partial charge in [0.1, 0.15) is 0 Å². The van der Waals surface area contributed by atoms with Crippen LogP contribution in [0.15, 0.2) is 41.5 Å². The quantitative estimate of drug-likeness (QED) is 0.469. The summed E-state index contributed by atoms with van der Waals surface area (Å²) in [5.74, 6) is -0.272. The van der Waals surface area contributed by atoms with Gasteiger partial charge in [-0.25, -0.2) is 5.43 Å². The molecule has 0 saturated heterocycles. The molecule has 2 rings (SSSR count). The number of hydrogen-bond donors (Lipinski definition) is 2. The number of phenolic OH excluding ortho intramolecular Hbond substituents is 1. The van der Waals surface area contributed by atoms with Crippen LogP contribution >= 0.6 is 0 Å². The van der Waals surface area contributed by atoms with Crippen LogP contribution in [0.4, 0.5) is 5.69 Å². The lowest BCUT2D eigenvalue weighted by Gasteiger charge is -2.09. The van der Waals surface area contributed by atoms with Crippen molar-refractivity contribution in [3.8, 4) is 17.2 Å². The Morgan fingerprint density at radius 1 is 1.20 bits per heavy atom. The molecular formula is C16H15N3O6. The molecule has 2 aromatic rings. The number of nitrogens with one attached hydrogen (secondary N) is 1. The summed E-state index contributed by atoms with van der Waals surface area (Å²) >= 11 is 0. The van der Waals surface area contributed by atoms with Gasteiger partial charge in [-0.2, -0.15) is 5.10 Å². The summed E-state index contributed by atoms with van der Waals surface area (Å²) in [6.07, 6.45) is 1.34. The van der Waals surface area contributed by atoms with E-state index in [0.717, 1.165) is 0 Å². The Hall–Kier alpha value is -3.62. The third-order valence-electron chi connectivity index (χ3n) is 3.22. The maximum atomic E-state index is 11.9. The van der Waals surface area contributed by atoms with Gasteiger partial charge in [0.05, 0.1) is 25.4 Å². The van der Waals surface area contributed by atoms with Crippen LogP contribution in [0.1, 0.15) is 15.9 Å². The zero-order valence-electron chi connectivity index (χ0n) is 13.4. The highest BCUT2D eigenvalue weighted by Crippen LogP contribution is 2.36. The summed E-state index contributed by atoms with van der Waals surface area (Å²) in [6, 6.07) is 8.15. The molecule has 0 saturated carbocycles. The first-order valence-corrected chi connectivity index (χ1v) is 6.99. The van der Waals surface area contributed by atoms with Crippen molar-refractivity contribution in [2.75, 3.05) is 14.2 Å². The van der Waals surface area contributed by atoms with Gasteiger partial charge >= 0.3 is 0 Å². The number of ether oxygens (including phenoxy) is 2. The lowest BCUT2D eigenvalue weighted by molar-refractivity contribution is -0.384. The number of nitro groups is 1. The Labute approximate surface area is 142 Å². The smallest absolute Gasteiger partial charge is 0.271 e. The van der Waals surface area contributed by atoms with E-state index in [1.165, 1.54) is 56.8 Å². The Morgan fingerprint density at radius 3 is 2.24 bits per heavy atom. The molecule has 0 spiro atoms. The van der Waals surface area contributed by atoms with Crippen molar-refractivity contribution in [1.82, 2.24) is 5.43 Å². The molecule has 0 bridgehead atoms. The highest BCUT2D eigenvalue weighted by Gasteiger charge is 2.11. The van der Waals surface area contributed by atoms with E-state index < -0.39 is 10.8 Å². The van der Waals surface area contributed by atoms with Gasteiger partial charge in [-0.15, -0.1) is 0 Å². The van der Waals surface area contributed by atoms with E-state index in [9.17, 15) is 20.0 Å². The number of benzene rings is 2. The van der Waals surface area contributed by atoms with Gasteiger partial charge in [-0.05, 0) is 24.3 Å². The Morgan fingerprint density at radius 2 is 1.76 bits per heavy atom. The summed E-state index contributed by atoms with van der Waals surface area (Å²) in [5.41, 5.74) is 2.94. The number of rotatable bonds is 6. The SMILES string of the molecule is COc1cc(/C=N\NC(=O)c2ccc([N+](=O)[O-])cc2)cc(OC)c1O. The molecule has 2 aromatic carbocycles. The molecule has 9 heteroatoms. The van der Waals surface area contributed by atoms with Crippen molar-refractivity contribution in [2.24, 2.45) is 5.10 Å². The summed E-state index contributed by atoms with van der Waals surface area (Å²) in [5, 5.41) is 24.2. The first-order chi connectivity index (χ1) is 12.0. The third kappa shape index (κ3) is 4.22. The Balaban J connectivity index is 2.10. The highest BCUT2D eigenvalue weighted by atomic mass is 16.6. The van der Waals surface area contributed by atoms with Gasteiger partial charge in [0.15, 0.2) is 11.5 Å². The zero-order valence-corrected chi connectivity index (χ0v) is 13.4. The molecule has 2 N–H and O–H groups in total.